The van der Waals surface area contributed by atoms with Gasteiger partial charge in [0.05, 0.1) is 11.8 Å². The fourth-order valence-electron chi connectivity index (χ4n) is 2.75. The lowest BCUT2D eigenvalue weighted by Crippen LogP contribution is -2.24. The Bertz CT molecular complexity index is 468. The van der Waals surface area contributed by atoms with Crippen LogP contribution in [0.1, 0.15) is 50.7 Å². The van der Waals surface area contributed by atoms with Crippen LogP contribution in [0.4, 0.5) is 0 Å². The number of hydrogen-bond acceptors (Lipinski definition) is 3. The number of nitrogens with zero attached hydrogens (tertiary/aromatic N) is 1. The second-order valence-corrected chi connectivity index (χ2v) is 5.70. The Labute approximate surface area is 115 Å². The Morgan fingerprint density at radius 2 is 2.16 bits per heavy atom. The van der Waals surface area contributed by atoms with Gasteiger partial charge in [-0.25, -0.2) is 0 Å². The van der Waals surface area contributed by atoms with E-state index in [-0.39, 0.29) is 6.10 Å². The fourth-order valence-corrected chi connectivity index (χ4v) is 2.75. The average Bonchev–Trinajstić information content (AvgIpc) is 2.40. The number of ether oxygens (including phenoxy) is 1. The molecule has 3 heteroatoms. The minimum Gasteiger partial charge on any atom is -0.490 e. The van der Waals surface area contributed by atoms with Crippen LogP contribution in [-0.2, 0) is 0 Å². The summed E-state index contributed by atoms with van der Waals surface area (Å²) in [5.74, 6) is 1.57. The number of benzene rings is 1. The van der Waals surface area contributed by atoms with Gasteiger partial charge in [0.25, 0.3) is 0 Å². The minimum atomic E-state index is 0.289. The van der Waals surface area contributed by atoms with E-state index in [2.05, 4.69) is 12.1 Å². The standard InChI is InChI=1S/C16H23NO2/c1-11-5-4-6-14(9-11)19-16-8-7-12(2)10-15(16)13(3)17-18/h7-8,10-11,14,18H,4-6,9H2,1-3H3. The first kappa shape index (κ1) is 13.9. The highest BCUT2D eigenvalue weighted by Crippen LogP contribution is 2.29. The maximum atomic E-state index is 8.98. The summed E-state index contributed by atoms with van der Waals surface area (Å²) in [6, 6.07) is 6.03. The molecular weight excluding hydrogens is 238 g/mol. The summed E-state index contributed by atoms with van der Waals surface area (Å²) in [6.07, 6.45) is 5.06. The molecule has 1 N–H and O–H groups in total. The van der Waals surface area contributed by atoms with Gasteiger partial charge in [-0.1, -0.05) is 30.1 Å². The first-order chi connectivity index (χ1) is 9.10. The molecule has 2 rings (SSSR count). The van der Waals surface area contributed by atoms with E-state index in [0.29, 0.717) is 5.71 Å². The third-order valence-corrected chi connectivity index (χ3v) is 3.86. The van der Waals surface area contributed by atoms with E-state index in [1.807, 2.05) is 25.1 Å². The van der Waals surface area contributed by atoms with Gasteiger partial charge in [0.15, 0.2) is 0 Å². The van der Waals surface area contributed by atoms with Crippen molar-refractivity contribution in [2.45, 2.75) is 52.6 Å². The number of hydrogen-bond donors (Lipinski definition) is 1. The molecule has 0 saturated heterocycles. The molecule has 1 aliphatic carbocycles. The van der Waals surface area contributed by atoms with Gasteiger partial charge in [-0.3, -0.25) is 0 Å². The van der Waals surface area contributed by atoms with Gasteiger partial charge in [0.1, 0.15) is 5.75 Å². The molecule has 1 fully saturated rings. The zero-order valence-electron chi connectivity index (χ0n) is 12.0. The number of rotatable bonds is 3. The SMILES string of the molecule is CC(=NO)c1cc(C)ccc1OC1CCCC(C)C1. The van der Waals surface area contributed by atoms with Crippen molar-refractivity contribution in [3.8, 4) is 5.75 Å². The summed E-state index contributed by atoms with van der Waals surface area (Å²) >= 11 is 0. The molecule has 1 saturated carbocycles. The highest BCUT2D eigenvalue weighted by atomic mass is 16.5. The quantitative estimate of drug-likeness (QED) is 0.504. The largest absolute Gasteiger partial charge is 0.490 e. The molecule has 1 aliphatic rings. The molecule has 19 heavy (non-hydrogen) atoms. The van der Waals surface area contributed by atoms with E-state index in [9.17, 15) is 0 Å². The Morgan fingerprint density at radius 1 is 1.37 bits per heavy atom. The molecule has 0 bridgehead atoms. The first-order valence-electron chi connectivity index (χ1n) is 7.06. The van der Waals surface area contributed by atoms with E-state index in [0.717, 1.165) is 35.6 Å². The summed E-state index contributed by atoms with van der Waals surface area (Å²) in [7, 11) is 0. The second-order valence-electron chi connectivity index (χ2n) is 5.70. The van der Waals surface area contributed by atoms with Gasteiger partial charge in [0, 0.05) is 5.56 Å². The van der Waals surface area contributed by atoms with Gasteiger partial charge in [-0.2, -0.15) is 0 Å². The van der Waals surface area contributed by atoms with Gasteiger partial charge in [-0.15, -0.1) is 0 Å². The highest BCUT2D eigenvalue weighted by molar-refractivity contribution is 6.00. The molecule has 1 aromatic rings. The zero-order chi connectivity index (χ0) is 13.8. The van der Waals surface area contributed by atoms with Crippen LogP contribution in [0.5, 0.6) is 5.75 Å². The van der Waals surface area contributed by atoms with Crippen molar-refractivity contribution in [2.24, 2.45) is 11.1 Å². The van der Waals surface area contributed by atoms with Crippen LogP contribution in [0, 0.1) is 12.8 Å². The minimum absolute atomic E-state index is 0.289. The molecule has 2 unspecified atom stereocenters. The van der Waals surface area contributed by atoms with Gasteiger partial charge in [0.2, 0.25) is 0 Å². The smallest absolute Gasteiger partial charge is 0.128 e. The molecule has 2 atom stereocenters. The lowest BCUT2D eigenvalue weighted by Gasteiger charge is -2.28. The predicted molar refractivity (Wildman–Crippen MR) is 77.2 cm³/mol. The van der Waals surface area contributed by atoms with E-state index in [1.54, 1.807) is 6.92 Å². The maximum Gasteiger partial charge on any atom is 0.128 e. The molecule has 0 spiro atoms. The third kappa shape index (κ3) is 3.49. The molecule has 0 radical (unpaired) electrons. The lowest BCUT2D eigenvalue weighted by atomic mass is 9.88. The van der Waals surface area contributed by atoms with Crippen LogP contribution in [-0.4, -0.2) is 17.0 Å². The molecular formula is C16H23NO2. The molecule has 3 nitrogen and oxygen atoms in total. The highest BCUT2D eigenvalue weighted by Gasteiger charge is 2.21. The summed E-state index contributed by atoms with van der Waals surface area (Å²) in [5.41, 5.74) is 2.63. The third-order valence-electron chi connectivity index (χ3n) is 3.86. The normalized spacial score (nSPS) is 24.3. The average molecular weight is 261 g/mol. The van der Waals surface area contributed by atoms with E-state index in [1.165, 1.54) is 12.8 Å². The summed E-state index contributed by atoms with van der Waals surface area (Å²) in [6.45, 7) is 6.11. The van der Waals surface area contributed by atoms with Gasteiger partial charge >= 0.3 is 0 Å². The van der Waals surface area contributed by atoms with Gasteiger partial charge < -0.3 is 9.94 Å². The lowest BCUT2D eigenvalue weighted by molar-refractivity contribution is 0.129. The predicted octanol–water partition coefficient (Wildman–Crippen LogP) is 4.15. The number of aryl methyl sites for hydroxylation is 1. The van der Waals surface area contributed by atoms with Crippen LogP contribution in [0.3, 0.4) is 0 Å². The van der Waals surface area contributed by atoms with Crippen LogP contribution < -0.4 is 4.74 Å². The van der Waals surface area contributed by atoms with Crippen molar-refractivity contribution >= 4 is 5.71 Å². The first-order valence-corrected chi connectivity index (χ1v) is 7.06. The molecule has 0 amide bonds. The van der Waals surface area contributed by atoms with Crippen molar-refractivity contribution in [3.63, 3.8) is 0 Å². The van der Waals surface area contributed by atoms with Crippen molar-refractivity contribution in [3.05, 3.63) is 29.3 Å². The summed E-state index contributed by atoms with van der Waals surface area (Å²) in [4.78, 5) is 0. The van der Waals surface area contributed by atoms with Crippen LogP contribution in [0.25, 0.3) is 0 Å². The Morgan fingerprint density at radius 3 is 2.84 bits per heavy atom. The Hall–Kier alpha value is -1.51. The number of oxime groups is 1. The zero-order valence-corrected chi connectivity index (χ0v) is 12.0. The molecule has 1 aromatic carbocycles. The van der Waals surface area contributed by atoms with E-state index >= 15 is 0 Å². The van der Waals surface area contributed by atoms with Crippen molar-refractivity contribution < 1.29 is 9.94 Å². The molecule has 0 aromatic heterocycles. The van der Waals surface area contributed by atoms with Gasteiger partial charge in [-0.05, 0) is 51.2 Å². The topological polar surface area (TPSA) is 41.8 Å². The van der Waals surface area contributed by atoms with E-state index in [4.69, 9.17) is 9.94 Å². The fraction of sp³-hybridized carbons (Fsp3) is 0.562. The summed E-state index contributed by atoms with van der Waals surface area (Å²) < 4.78 is 6.14. The summed E-state index contributed by atoms with van der Waals surface area (Å²) in [5, 5.41) is 12.3. The second kappa shape index (κ2) is 6.09. The van der Waals surface area contributed by atoms with Crippen LogP contribution in [0.2, 0.25) is 0 Å². The van der Waals surface area contributed by atoms with Crippen molar-refractivity contribution in [1.82, 2.24) is 0 Å². The molecule has 0 heterocycles. The van der Waals surface area contributed by atoms with Crippen molar-refractivity contribution in [2.75, 3.05) is 0 Å². The maximum absolute atomic E-state index is 8.98. The van der Waals surface area contributed by atoms with Crippen molar-refractivity contribution in [1.29, 1.82) is 0 Å². The Balaban J connectivity index is 2.19. The monoisotopic (exact) mass is 261 g/mol. The van der Waals surface area contributed by atoms with Crippen LogP contribution in [0.15, 0.2) is 23.4 Å². The molecule has 104 valence electrons. The Kier molecular flexibility index (Phi) is 4.46. The van der Waals surface area contributed by atoms with E-state index < -0.39 is 0 Å². The molecule has 0 aliphatic heterocycles. The van der Waals surface area contributed by atoms with Crippen LogP contribution >= 0.6 is 0 Å².